The van der Waals surface area contributed by atoms with Crippen LogP contribution in [0.25, 0.3) is 17.1 Å². The van der Waals surface area contributed by atoms with Gasteiger partial charge in [-0.15, -0.1) is 0 Å². The topological polar surface area (TPSA) is 70.2 Å². The van der Waals surface area contributed by atoms with E-state index in [1.54, 1.807) is 24.3 Å². The maximum absolute atomic E-state index is 13.6. The molecule has 1 aromatic carbocycles. The van der Waals surface area contributed by atoms with Gasteiger partial charge in [-0.25, -0.2) is 14.4 Å². The lowest BCUT2D eigenvalue weighted by molar-refractivity contribution is 0.121. The van der Waals surface area contributed by atoms with E-state index < -0.39 is 5.67 Å². The summed E-state index contributed by atoms with van der Waals surface area (Å²) < 4.78 is 25.8. The second-order valence-corrected chi connectivity index (χ2v) is 7.63. The van der Waals surface area contributed by atoms with Gasteiger partial charge in [0.25, 0.3) is 5.56 Å². The average Bonchev–Trinajstić information content (AvgIpc) is 3.15. The third-order valence-corrected chi connectivity index (χ3v) is 4.34. The van der Waals surface area contributed by atoms with Crippen LogP contribution in [-0.4, -0.2) is 32.6 Å². The number of hydrogen-bond donors (Lipinski definition) is 0. The minimum absolute atomic E-state index is 0.0450. The minimum atomic E-state index is -1.42. The van der Waals surface area contributed by atoms with Crippen LogP contribution in [0.15, 0.2) is 57.3 Å². The third kappa shape index (κ3) is 4.77. The number of benzene rings is 1. The van der Waals surface area contributed by atoms with Crippen LogP contribution >= 0.6 is 11.8 Å². The molecule has 0 fully saturated rings. The van der Waals surface area contributed by atoms with E-state index in [1.165, 1.54) is 48.8 Å². The van der Waals surface area contributed by atoms with Crippen molar-refractivity contribution in [1.29, 1.82) is 0 Å². The standard InChI is InChI=1S/C19H20FN3O3S/c1-4-27-18-22-15(16-10-21-12-26-16)9-17(24)23(18)13-5-7-14(8-6-13)25-11-19(2,3)20/h5-10,12H,4,11H2,1-3H3. The molecule has 0 unspecified atom stereocenters. The first-order valence-electron chi connectivity index (χ1n) is 8.45. The van der Waals surface area contributed by atoms with E-state index in [2.05, 4.69) is 9.97 Å². The smallest absolute Gasteiger partial charge is 0.259 e. The molecule has 0 radical (unpaired) electrons. The van der Waals surface area contributed by atoms with E-state index in [1.807, 2.05) is 6.92 Å². The van der Waals surface area contributed by atoms with Gasteiger partial charge >= 0.3 is 0 Å². The Labute approximate surface area is 160 Å². The first kappa shape index (κ1) is 19.2. The van der Waals surface area contributed by atoms with Gasteiger partial charge in [-0.3, -0.25) is 9.36 Å². The molecule has 0 aliphatic heterocycles. The number of halogens is 1. The lowest BCUT2D eigenvalue weighted by atomic mass is 10.2. The average molecular weight is 389 g/mol. The summed E-state index contributed by atoms with van der Waals surface area (Å²) in [6.07, 6.45) is 2.82. The predicted molar refractivity (Wildman–Crippen MR) is 102 cm³/mol. The quantitative estimate of drug-likeness (QED) is 0.447. The fraction of sp³-hybridized carbons (Fsp3) is 0.316. The third-order valence-electron chi connectivity index (χ3n) is 3.52. The van der Waals surface area contributed by atoms with Crippen molar-refractivity contribution in [1.82, 2.24) is 14.5 Å². The molecule has 0 spiro atoms. The first-order chi connectivity index (χ1) is 12.9. The van der Waals surface area contributed by atoms with Gasteiger partial charge in [-0.1, -0.05) is 18.7 Å². The molecule has 6 nitrogen and oxygen atoms in total. The van der Waals surface area contributed by atoms with E-state index in [-0.39, 0.29) is 12.2 Å². The molecule has 0 aliphatic rings. The van der Waals surface area contributed by atoms with E-state index in [0.717, 1.165) is 5.75 Å². The molecule has 2 heterocycles. The van der Waals surface area contributed by atoms with Gasteiger partial charge in [0.05, 0.1) is 11.9 Å². The highest BCUT2D eigenvalue weighted by Gasteiger charge is 2.17. The summed E-state index contributed by atoms with van der Waals surface area (Å²) in [5, 5.41) is 0.551. The van der Waals surface area contributed by atoms with Crippen LogP contribution in [0.2, 0.25) is 0 Å². The van der Waals surface area contributed by atoms with Gasteiger partial charge in [0.1, 0.15) is 23.7 Å². The van der Waals surface area contributed by atoms with Gasteiger partial charge in [-0.2, -0.15) is 0 Å². The highest BCUT2D eigenvalue weighted by molar-refractivity contribution is 7.99. The zero-order valence-electron chi connectivity index (χ0n) is 15.3. The molecule has 0 atom stereocenters. The molecular formula is C19H20FN3O3S. The lowest BCUT2D eigenvalue weighted by Crippen LogP contribution is -2.23. The molecule has 0 saturated heterocycles. The number of alkyl halides is 1. The van der Waals surface area contributed by atoms with Crippen LogP contribution in [0.1, 0.15) is 20.8 Å². The fourth-order valence-corrected chi connectivity index (χ4v) is 3.09. The fourth-order valence-electron chi connectivity index (χ4n) is 2.34. The maximum atomic E-state index is 13.6. The van der Waals surface area contributed by atoms with Gasteiger partial charge in [0.15, 0.2) is 17.3 Å². The Bertz CT molecular complexity index is 948. The Hall–Kier alpha value is -2.61. The zero-order chi connectivity index (χ0) is 19.4. The van der Waals surface area contributed by atoms with Gasteiger partial charge < -0.3 is 9.15 Å². The highest BCUT2D eigenvalue weighted by atomic mass is 32.2. The largest absolute Gasteiger partial charge is 0.490 e. The second-order valence-electron chi connectivity index (χ2n) is 6.40. The molecule has 3 rings (SSSR count). The minimum Gasteiger partial charge on any atom is -0.490 e. The van der Waals surface area contributed by atoms with Gasteiger partial charge in [0.2, 0.25) is 0 Å². The number of oxazole rings is 1. The summed E-state index contributed by atoms with van der Waals surface area (Å²) >= 11 is 1.45. The summed E-state index contributed by atoms with van der Waals surface area (Å²) in [7, 11) is 0. The van der Waals surface area contributed by atoms with Crippen LogP contribution in [0.5, 0.6) is 5.75 Å². The van der Waals surface area contributed by atoms with Crippen LogP contribution < -0.4 is 10.3 Å². The molecule has 3 aromatic rings. The van der Waals surface area contributed by atoms with Gasteiger partial charge in [0, 0.05) is 6.07 Å². The van der Waals surface area contributed by atoms with Crippen molar-refractivity contribution in [2.45, 2.75) is 31.6 Å². The van der Waals surface area contributed by atoms with Crippen LogP contribution in [0.4, 0.5) is 4.39 Å². The number of hydrogen-bond acceptors (Lipinski definition) is 6. The number of ether oxygens (including phenoxy) is 1. The molecule has 2 aromatic heterocycles. The summed E-state index contributed by atoms with van der Waals surface area (Å²) in [5.41, 5.74) is -0.554. The molecule has 142 valence electrons. The molecule has 0 saturated carbocycles. The van der Waals surface area contributed by atoms with Crippen LogP contribution in [-0.2, 0) is 0 Å². The van der Waals surface area contributed by atoms with Crippen molar-refractivity contribution in [2.24, 2.45) is 0 Å². The summed E-state index contributed by atoms with van der Waals surface area (Å²) in [6.45, 7) is 4.85. The molecule has 0 bridgehead atoms. The van der Waals surface area contributed by atoms with Crippen molar-refractivity contribution in [3.8, 4) is 22.9 Å². The molecule has 27 heavy (non-hydrogen) atoms. The molecule has 8 heteroatoms. The maximum Gasteiger partial charge on any atom is 0.259 e. The predicted octanol–water partition coefficient (Wildman–Crippen LogP) is 4.13. The molecule has 0 amide bonds. The molecule has 0 aliphatic carbocycles. The number of aromatic nitrogens is 3. The van der Waals surface area contributed by atoms with Crippen LogP contribution in [0, 0.1) is 0 Å². The summed E-state index contributed by atoms with van der Waals surface area (Å²) in [4.78, 5) is 21.2. The Kier molecular flexibility index (Phi) is 5.65. The number of rotatable bonds is 7. The van der Waals surface area contributed by atoms with Crippen molar-refractivity contribution >= 4 is 11.8 Å². The highest BCUT2D eigenvalue weighted by Crippen LogP contribution is 2.24. The van der Waals surface area contributed by atoms with E-state index in [0.29, 0.717) is 28.0 Å². The first-order valence-corrected chi connectivity index (χ1v) is 9.44. The van der Waals surface area contributed by atoms with Crippen LogP contribution in [0.3, 0.4) is 0 Å². The zero-order valence-corrected chi connectivity index (χ0v) is 16.1. The number of nitrogens with zero attached hydrogens (tertiary/aromatic N) is 3. The Balaban J connectivity index is 1.94. The Morgan fingerprint density at radius 2 is 2.04 bits per heavy atom. The molecule has 0 N–H and O–H groups in total. The Morgan fingerprint density at radius 3 is 2.63 bits per heavy atom. The van der Waals surface area contributed by atoms with E-state index >= 15 is 0 Å². The van der Waals surface area contributed by atoms with Gasteiger partial charge in [-0.05, 0) is 43.9 Å². The lowest BCUT2D eigenvalue weighted by Gasteiger charge is -2.16. The molecular weight excluding hydrogens is 369 g/mol. The Morgan fingerprint density at radius 1 is 1.30 bits per heavy atom. The monoisotopic (exact) mass is 389 g/mol. The number of thioether (sulfide) groups is 1. The van der Waals surface area contributed by atoms with E-state index in [9.17, 15) is 9.18 Å². The summed E-state index contributed by atoms with van der Waals surface area (Å²) in [6, 6.07) is 8.32. The van der Waals surface area contributed by atoms with Crippen molar-refractivity contribution in [3.63, 3.8) is 0 Å². The normalized spacial score (nSPS) is 11.6. The SMILES string of the molecule is CCSc1nc(-c2cnco2)cc(=O)n1-c1ccc(OCC(C)(C)F)cc1. The summed E-state index contributed by atoms with van der Waals surface area (Å²) in [5.74, 6) is 1.72. The van der Waals surface area contributed by atoms with Crippen molar-refractivity contribution in [3.05, 3.63) is 53.3 Å². The van der Waals surface area contributed by atoms with Crippen molar-refractivity contribution in [2.75, 3.05) is 12.4 Å². The van der Waals surface area contributed by atoms with E-state index in [4.69, 9.17) is 9.15 Å². The second kappa shape index (κ2) is 7.96. The van der Waals surface area contributed by atoms with Crippen molar-refractivity contribution < 1.29 is 13.5 Å².